The quantitative estimate of drug-likeness (QED) is 0.797. The van der Waals surface area contributed by atoms with Gasteiger partial charge in [-0.15, -0.1) is 11.3 Å². The molecule has 0 radical (unpaired) electrons. The van der Waals surface area contributed by atoms with Crippen LogP contribution in [0.2, 0.25) is 0 Å². The molecule has 0 unspecified atom stereocenters. The van der Waals surface area contributed by atoms with Crippen LogP contribution in [0.25, 0.3) is 11.1 Å². The number of rotatable bonds is 3. The Hall–Kier alpha value is -1.86. The summed E-state index contributed by atoms with van der Waals surface area (Å²) in [6.07, 6.45) is 0. The average molecular weight is 292 g/mol. The van der Waals surface area contributed by atoms with Crippen molar-refractivity contribution < 1.29 is 14.3 Å². The maximum atomic E-state index is 10.9. The summed E-state index contributed by atoms with van der Waals surface area (Å²) >= 11 is 2.85. The molecule has 0 aliphatic heterocycles. The van der Waals surface area contributed by atoms with Gasteiger partial charge in [0.25, 0.3) is 5.22 Å². The SMILES string of the molecule is Cc1csc(Sc2nc3ccc(C(=O)O)cc3o2)n1. The van der Waals surface area contributed by atoms with Gasteiger partial charge in [0.15, 0.2) is 9.92 Å². The summed E-state index contributed by atoms with van der Waals surface area (Å²) in [6.45, 7) is 1.92. The zero-order chi connectivity index (χ0) is 13.4. The van der Waals surface area contributed by atoms with Crippen molar-refractivity contribution >= 4 is 40.2 Å². The number of benzene rings is 1. The van der Waals surface area contributed by atoms with Crippen molar-refractivity contribution in [2.24, 2.45) is 0 Å². The van der Waals surface area contributed by atoms with Crippen LogP contribution in [-0.4, -0.2) is 21.0 Å². The Morgan fingerprint density at radius 1 is 1.42 bits per heavy atom. The average Bonchev–Trinajstić information content (AvgIpc) is 2.94. The highest BCUT2D eigenvalue weighted by atomic mass is 32.2. The fraction of sp³-hybridized carbons (Fsp3) is 0.0833. The third kappa shape index (κ3) is 2.47. The molecule has 96 valence electrons. The van der Waals surface area contributed by atoms with E-state index in [0.29, 0.717) is 16.3 Å². The van der Waals surface area contributed by atoms with Crippen LogP contribution in [0.1, 0.15) is 16.1 Å². The number of oxazole rings is 1. The normalized spacial score (nSPS) is 11.0. The van der Waals surface area contributed by atoms with Gasteiger partial charge < -0.3 is 9.52 Å². The summed E-state index contributed by atoms with van der Waals surface area (Å²) in [5.74, 6) is -0.983. The van der Waals surface area contributed by atoms with Crippen LogP contribution in [0.5, 0.6) is 0 Å². The van der Waals surface area contributed by atoms with Gasteiger partial charge in [0.1, 0.15) is 5.52 Å². The third-order valence-corrected chi connectivity index (χ3v) is 4.29. The number of aromatic carboxylic acids is 1. The first-order valence-electron chi connectivity index (χ1n) is 5.36. The smallest absolute Gasteiger partial charge is 0.335 e. The zero-order valence-corrected chi connectivity index (χ0v) is 11.4. The van der Waals surface area contributed by atoms with E-state index in [-0.39, 0.29) is 5.56 Å². The molecule has 0 saturated carbocycles. The van der Waals surface area contributed by atoms with E-state index < -0.39 is 5.97 Å². The number of carboxylic acids is 1. The molecule has 2 aromatic heterocycles. The van der Waals surface area contributed by atoms with Crippen LogP contribution >= 0.6 is 23.1 Å². The summed E-state index contributed by atoms with van der Waals surface area (Å²) in [4.78, 5) is 19.5. The van der Waals surface area contributed by atoms with E-state index in [1.807, 2.05) is 12.3 Å². The molecule has 0 amide bonds. The minimum Gasteiger partial charge on any atom is -0.478 e. The van der Waals surface area contributed by atoms with Crippen molar-refractivity contribution in [2.45, 2.75) is 16.5 Å². The van der Waals surface area contributed by atoms with Crippen LogP contribution in [0.15, 0.2) is 37.6 Å². The second-order valence-electron chi connectivity index (χ2n) is 3.82. The van der Waals surface area contributed by atoms with Gasteiger partial charge in [0.05, 0.1) is 5.56 Å². The third-order valence-electron chi connectivity index (χ3n) is 2.39. The van der Waals surface area contributed by atoms with Crippen LogP contribution in [0.3, 0.4) is 0 Å². The summed E-state index contributed by atoms with van der Waals surface area (Å²) < 4.78 is 6.38. The highest BCUT2D eigenvalue weighted by Crippen LogP contribution is 2.32. The van der Waals surface area contributed by atoms with E-state index in [9.17, 15) is 4.79 Å². The van der Waals surface area contributed by atoms with Crippen molar-refractivity contribution in [3.8, 4) is 0 Å². The Balaban J connectivity index is 1.95. The van der Waals surface area contributed by atoms with E-state index in [4.69, 9.17) is 9.52 Å². The molecule has 0 spiro atoms. The van der Waals surface area contributed by atoms with E-state index >= 15 is 0 Å². The predicted molar refractivity (Wildman–Crippen MR) is 71.9 cm³/mol. The van der Waals surface area contributed by atoms with E-state index in [1.54, 1.807) is 6.07 Å². The predicted octanol–water partition coefficient (Wildman–Crippen LogP) is 3.44. The first-order valence-corrected chi connectivity index (χ1v) is 7.05. The molecule has 1 N–H and O–H groups in total. The van der Waals surface area contributed by atoms with Gasteiger partial charge in [-0.3, -0.25) is 0 Å². The lowest BCUT2D eigenvalue weighted by Gasteiger charge is -1.91. The largest absolute Gasteiger partial charge is 0.478 e. The lowest BCUT2D eigenvalue weighted by atomic mass is 10.2. The van der Waals surface area contributed by atoms with Crippen molar-refractivity contribution in [1.82, 2.24) is 9.97 Å². The fourth-order valence-electron chi connectivity index (χ4n) is 1.53. The summed E-state index contributed by atoms with van der Waals surface area (Å²) in [7, 11) is 0. The topological polar surface area (TPSA) is 76.2 Å². The standard InChI is InChI=1S/C12H8N2O3S2/c1-6-5-18-12(13-6)19-11-14-8-3-2-7(10(15)16)4-9(8)17-11/h2-5H,1H3,(H,15,16). The maximum absolute atomic E-state index is 10.9. The number of carbonyl (C=O) groups is 1. The number of nitrogens with zero attached hydrogens (tertiary/aromatic N) is 2. The lowest BCUT2D eigenvalue weighted by molar-refractivity contribution is 0.0697. The van der Waals surface area contributed by atoms with Crippen LogP contribution < -0.4 is 0 Å². The van der Waals surface area contributed by atoms with Crippen molar-refractivity contribution in [1.29, 1.82) is 0 Å². The number of carboxylic acid groups (broad SMARTS) is 1. The molecule has 5 nitrogen and oxygen atoms in total. The van der Waals surface area contributed by atoms with E-state index in [1.165, 1.54) is 35.2 Å². The first kappa shape index (κ1) is 12.2. The van der Waals surface area contributed by atoms with Gasteiger partial charge >= 0.3 is 5.97 Å². The van der Waals surface area contributed by atoms with Crippen molar-refractivity contribution in [3.63, 3.8) is 0 Å². The molecule has 0 aliphatic carbocycles. The molecule has 2 heterocycles. The van der Waals surface area contributed by atoms with Crippen LogP contribution in [0, 0.1) is 6.92 Å². The van der Waals surface area contributed by atoms with Gasteiger partial charge in [0.2, 0.25) is 0 Å². The Morgan fingerprint density at radius 3 is 2.95 bits per heavy atom. The van der Waals surface area contributed by atoms with E-state index in [2.05, 4.69) is 9.97 Å². The molecular weight excluding hydrogens is 284 g/mol. The Morgan fingerprint density at radius 2 is 2.26 bits per heavy atom. The Bertz CT molecular complexity index is 763. The molecule has 3 rings (SSSR count). The number of aromatic nitrogens is 2. The molecule has 3 aromatic rings. The van der Waals surface area contributed by atoms with Crippen LogP contribution in [-0.2, 0) is 0 Å². The number of hydrogen-bond acceptors (Lipinski definition) is 6. The first-order chi connectivity index (χ1) is 9.11. The minimum atomic E-state index is -0.983. The molecule has 0 saturated heterocycles. The van der Waals surface area contributed by atoms with Gasteiger partial charge in [-0.2, -0.15) is 0 Å². The molecule has 7 heteroatoms. The van der Waals surface area contributed by atoms with Gasteiger partial charge in [0, 0.05) is 22.8 Å². The molecule has 1 aromatic carbocycles. The second-order valence-corrected chi connectivity index (χ2v) is 5.88. The summed E-state index contributed by atoms with van der Waals surface area (Å²) in [5, 5.41) is 11.3. The van der Waals surface area contributed by atoms with Gasteiger partial charge in [-0.05, 0) is 25.1 Å². The highest BCUT2D eigenvalue weighted by Gasteiger charge is 2.12. The molecular formula is C12H8N2O3S2. The van der Waals surface area contributed by atoms with E-state index in [0.717, 1.165) is 10.0 Å². The highest BCUT2D eigenvalue weighted by molar-refractivity contribution is 8.00. The van der Waals surface area contributed by atoms with Crippen molar-refractivity contribution in [2.75, 3.05) is 0 Å². The van der Waals surface area contributed by atoms with Gasteiger partial charge in [-0.1, -0.05) is 0 Å². The van der Waals surface area contributed by atoms with Crippen LogP contribution in [0.4, 0.5) is 0 Å². The lowest BCUT2D eigenvalue weighted by Crippen LogP contribution is -1.94. The molecule has 0 aliphatic rings. The maximum Gasteiger partial charge on any atom is 0.335 e. The molecule has 0 bridgehead atoms. The second kappa shape index (κ2) is 4.67. The number of fused-ring (bicyclic) bond motifs is 1. The molecule has 19 heavy (non-hydrogen) atoms. The summed E-state index contributed by atoms with van der Waals surface area (Å²) in [6, 6.07) is 4.62. The summed E-state index contributed by atoms with van der Waals surface area (Å²) in [5.41, 5.74) is 2.25. The zero-order valence-electron chi connectivity index (χ0n) is 9.78. The molecule has 0 atom stereocenters. The Labute approximate surface area is 116 Å². The minimum absolute atomic E-state index is 0.185. The fourth-order valence-corrected chi connectivity index (χ4v) is 3.22. The monoisotopic (exact) mass is 292 g/mol. The molecule has 0 fully saturated rings. The Kier molecular flexibility index (Phi) is 3.00. The number of aryl methyl sites for hydroxylation is 1. The number of thiazole rings is 1. The van der Waals surface area contributed by atoms with Crippen molar-refractivity contribution in [3.05, 3.63) is 34.8 Å². The number of hydrogen-bond donors (Lipinski definition) is 1. The van der Waals surface area contributed by atoms with Gasteiger partial charge in [-0.25, -0.2) is 14.8 Å².